The van der Waals surface area contributed by atoms with Gasteiger partial charge in [-0.2, -0.15) is 0 Å². The first-order chi connectivity index (χ1) is 6.69. The van der Waals surface area contributed by atoms with Crippen molar-refractivity contribution in [1.82, 2.24) is 5.43 Å². The molecule has 3 heteroatoms. The minimum Gasteiger partial charge on any atom is -0.294 e. The second kappa shape index (κ2) is 4.77. The van der Waals surface area contributed by atoms with Gasteiger partial charge in [-0.05, 0) is 24.5 Å². The topological polar surface area (TPSA) is 55.1 Å². The van der Waals surface area contributed by atoms with Crippen molar-refractivity contribution in [3.8, 4) is 0 Å². The number of benzene rings is 1. The molecule has 0 saturated heterocycles. The van der Waals surface area contributed by atoms with Crippen molar-refractivity contribution in [2.75, 3.05) is 0 Å². The maximum absolute atomic E-state index is 11.2. The Labute approximate surface area is 84.3 Å². The molecular weight excluding hydrogens is 176 g/mol. The Morgan fingerprint density at radius 3 is 2.43 bits per heavy atom. The summed E-state index contributed by atoms with van der Waals surface area (Å²) in [5.74, 6) is 4.72. The van der Waals surface area contributed by atoms with E-state index in [1.165, 1.54) is 5.56 Å². The maximum Gasteiger partial charge on any atom is 0.241 e. The van der Waals surface area contributed by atoms with E-state index in [4.69, 9.17) is 5.84 Å². The van der Waals surface area contributed by atoms with Crippen LogP contribution in [0.1, 0.15) is 30.9 Å². The standard InChI is InChI=1S/C11H16N2O/c1-3-9-4-6-10(7-5-9)8(2)11(14)13-12/h4-8H,3,12H2,1-2H3,(H,13,14). The molecule has 3 nitrogen and oxygen atoms in total. The van der Waals surface area contributed by atoms with Crippen LogP contribution >= 0.6 is 0 Å². The Hall–Kier alpha value is -1.35. The fourth-order valence-corrected chi connectivity index (χ4v) is 1.32. The number of aryl methyl sites for hydroxylation is 1. The van der Waals surface area contributed by atoms with Crippen LogP contribution in [0.4, 0.5) is 0 Å². The molecule has 1 atom stereocenters. The molecule has 0 heterocycles. The van der Waals surface area contributed by atoms with E-state index in [0.29, 0.717) is 0 Å². The highest BCUT2D eigenvalue weighted by atomic mass is 16.2. The summed E-state index contributed by atoms with van der Waals surface area (Å²) >= 11 is 0. The zero-order valence-electron chi connectivity index (χ0n) is 8.58. The van der Waals surface area contributed by atoms with E-state index in [-0.39, 0.29) is 11.8 Å². The summed E-state index contributed by atoms with van der Waals surface area (Å²) in [6.07, 6.45) is 1.01. The van der Waals surface area contributed by atoms with E-state index < -0.39 is 0 Å². The number of carbonyl (C=O) groups excluding carboxylic acids is 1. The van der Waals surface area contributed by atoms with Gasteiger partial charge < -0.3 is 0 Å². The summed E-state index contributed by atoms with van der Waals surface area (Å²) in [6.45, 7) is 3.94. The number of hydrazine groups is 1. The van der Waals surface area contributed by atoms with Crippen molar-refractivity contribution in [1.29, 1.82) is 0 Å². The van der Waals surface area contributed by atoms with E-state index in [1.807, 2.05) is 31.2 Å². The molecule has 0 radical (unpaired) electrons. The second-order valence-electron chi connectivity index (χ2n) is 3.33. The lowest BCUT2D eigenvalue weighted by atomic mass is 9.99. The Kier molecular flexibility index (Phi) is 3.65. The van der Waals surface area contributed by atoms with Gasteiger partial charge in [0.1, 0.15) is 0 Å². The third-order valence-electron chi connectivity index (χ3n) is 2.42. The molecule has 1 rings (SSSR count). The number of hydrogen-bond acceptors (Lipinski definition) is 2. The van der Waals surface area contributed by atoms with E-state index in [0.717, 1.165) is 12.0 Å². The zero-order chi connectivity index (χ0) is 10.6. The molecule has 1 amide bonds. The van der Waals surface area contributed by atoms with Crippen LogP contribution in [-0.4, -0.2) is 5.91 Å². The van der Waals surface area contributed by atoms with E-state index in [1.54, 1.807) is 0 Å². The van der Waals surface area contributed by atoms with Crippen molar-refractivity contribution < 1.29 is 4.79 Å². The molecule has 0 spiro atoms. The van der Waals surface area contributed by atoms with Crippen LogP contribution in [0.25, 0.3) is 0 Å². The molecule has 76 valence electrons. The highest BCUT2D eigenvalue weighted by molar-refractivity contribution is 5.82. The largest absolute Gasteiger partial charge is 0.294 e. The normalized spacial score (nSPS) is 12.2. The third-order valence-corrected chi connectivity index (χ3v) is 2.42. The minimum atomic E-state index is -0.189. The van der Waals surface area contributed by atoms with Gasteiger partial charge in [0.15, 0.2) is 0 Å². The van der Waals surface area contributed by atoms with Gasteiger partial charge in [-0.25, -0.2) is 5.84 Å². The Bertz CT molecular complexity index is 306. The summed E-state index contributed by atoms with van der Waals surface area (Å²) in [5, 5.41) is 0. The number of nitrogens with two attached hydrogens (primary N) is 1. The molecule has 0 aliphatic heterocycles. The molecule has 0 aliphatic carbocycles. The van der Waals surface area contributed by atoms with E-state index >= 15 is 0 Å². The van der Waals surface area contributed by atoms with Gasteiger partial charge in [0.25, 0.3) is 0 Å². The van der Waals surface area contributed by atoms with Crippen LogP contribution < -0.4 is 11.3 Å². The predicted molar refractivity (Wildman–Crippen MR) is 56.6 cm³/mol. The highest BCUT2D eigenvalue weighted by Crippen LogP contribution is 2.15. The molecule has 1 unspecified atom stereocenters. The Morgan fingerprint density at radius 2 is 2.00 bits per heavy atom. The van der Waals surface area contributed by atoms with Crippen molar-refractivity contribution >= 4 is 5.91 Å². The van der Waals surface area contributed by atoms with Crippen molar-refractivity contribution in [3.05, 3.63) is 35.4 Å². The van der Waals surface area contributed by atoms with Crippen LogP contribution in [0.5, 0.6) is 0 Å². The van der Waals surface area contributed by atoms with Crippen LogP contribution in [-0.2, 0) is 11.2 Å². The summed E-state index contributed by atoms with van der Waals surface area (Å²) in [6, 6.07) is 8.02. The molecule has 0 aliphatic rings. The Balaban J connectivity index is 2.81. The van der Waals surface area contributed by atoms with Crippen LogP contribution in [0.15, 0.2) is 24.3 Å². The van der Waals surface area contributed by atoms with Crippen LogP contribution in [0.2, 0.25) is 0 Å². The fraction of sp³-hybridized carbons (Fsp3) is 0.364. The van der Waals surface area contributed by atoms with Gasteiger partial charge in [-0.3, -0.25) is 10.2 Å². The number of nitrogens with one attached hydrogen (secondary N) is 1. The lowest BCUT2D eigenvalue weighted by Crippen LogP contribution is -2.33. The molecule has 0 aromatic heterocycles. The van der Waals surface area contributed by atoms with Crippen molar-refractivity contribution in [2.24, 2.45) is 5.84 Å². The second-order valence-corrected chi connectivity index (χ2v) is 3.33. The number of hydrogen-bond donors (Lipinski definition) is 2. The lowest BCUT2D eigenvalue weighted by Gasteiger charge is -2.10. The summed E-state index contributed by atoms with van der Waals surface area (Å²) in [7, 11) is 0. The first kappa shape index (κ1) is 10.7. The highest BCUT2D eigenvalue weighted by Gasteiger charge is 2.12. The van der Waals surface area contributed by atoms with Gasteiger partial charge in [-0.1, -0.05) is 31.2 Å². The van der Waals surface area contributed by atoms with Crippen molar-refractivity contribution in [3.63, 3.8) is 0 Å². The number of amides is 1. The molecule has 0 saturated carbocycles. The number of carbonyl (C=O) groups is 1. The molecule has 1 aromatic carbocycles. The molecule has 0 fully saturated rings. The maximum atomic E-state index is 11.2. The summed E-state index contributed by atoms with van der Waals surface area (Å²) in [5.41, 5.74) is 4.42. The van der Waals surface area contributed by atoms with Crippen LogP contribution in [0.3, 0.4) is 0 Å². The summed E-state index contributed by atoms with van der Waals surface area (Å²) in [4.78, 5) is 11.2. The van der Waals surface area contributed by atoms with Gasteiger partial charge >= 0.3 is 0 Å². The third kappa shape index (κ3) is 2.33. The SMILES string of the molecule is CCc1ccc(C(C)C(=O)NN)cc1. The summed E-state index contributed by atoms with van der Waals surface area (Å²) < 4.78 is 0. The van der Waals surface area contributed by atoms with Gasteiger partial charge in [0.05, 0.1) is 5.92 Å². The van der Waals surface area contributed by atoms with Gasteiger partial charge in [-0.15, -0.1) is 0 Å². The van der Waals surface area contributed by atoms with E-state index in [2.05, 4.69) is 12.3 Å². The monoisotopic (exact) mass is 192 g/mol. The first-order valence-corrected chi connectivity index (χ1v) is 4.78. The number of rotatable bonds is 3. The van der Waals surface area contributed by atoms with Gasteiger partial charge in [0.2, 0.25) is 5.91 Å². The lowest BCUT2D eigenvalue weighted by molar-refractivity contribution is -0.122. The average Bonchev–Trinajstić information content (AvgIpc) is 2.27. The Morgan fingerprint density at radius 1 is 1.43 bits per heavy atom. The fourth-order valence-electron chi connectivity index (χ4n) is 1.32. The quantitative estimate of drug-likeness (QED) is 0.431. The van der Waals surface area contributed by atoms with Crippen LogP contribution in [0, 0.1) is 0 Å². The molecule has 0 bridgehead atoms. The molecule has 14 heavy (non-hydrogen) atoms. The molecular formula is C11H16N2O. The average molecular weight is 192 g/mol. The zero-order valence-corrected chi connectivity index (χ0v) is 8.58. The molecule has 3 N–H and O–H groups in total. The van der Waals surface area contributed by atoms with E-state index in [9.17, 15) is 4.79 Å². The van der Waals surface area contributed by atoms with Crippen molar-refractivity contribution in [2.45, 2.75) is 26.2 Å². The smallest absolute Gasteiger partial charge is 0.241 e. The first-order valence-electron chi connectivity index (χ1n) is 4.78. The molecule has 1 aromatic rings. The van der Waals surface area contributed by atoms with Gasteiger partial charge in [0, 0.05) is 0 Å². The predicted octanol–water partition coefficient (Wildman–Crippen LogP) is 1.34. The minimum absolute atomic E-state index is 0.158.